The topological polar surface area (TPSA) is 44.8 Å². The monoisotopic (exact) mass is 345 g/mol. The van der Waals surface area contributed by atoms with E-state index in [0.717, 1.165) is 64.8 Å². The zero-order valence-corrected chi connectivity index (χ0v) is 15.2. The molecule has 0 unspecified atom stereocenters. The first-order valence-electron chi connectivity index (χ1n) is 9.62. The molecule has 1 heterocycles. The summed E-state index contributed by atoms with van der Waals surface area (Å²) < 4.78 is 5.58. The maximum atomic E-state index is 12.0. The van der Waals surface area contributed by atoms with Crippen LogP contribution < -0.4 is 5.32 Å². The average molecular weight is 345 g/mol. The van der Waals surface area contributed by atoms with Gasteiger partial charge in [0, 0.05) is 52.5 Å². The summed E-state index contributed by atoms with van der Waals surface area (Å²) in [5.41, 5.74) is 1.36. The van der Waals surface area contributed by atoms with E-state index < -0.39 is 0 Å². The molecule has 0 atom stereocenters. The van der Waals surface area contributed by atoms with Gasteiger partial charge in [0.15, 0.2) is 0 Å². The van der Waals surface area contributed by atoms with Crippen LogP contribution in [0.15, 0.2) is 30.3 Å². The molecule has 1 N–H and O–H groups in total. The summed E-state index contributed by atoms with van der Waals surface area (Å²) in [5.74, 6) is 0.953. The Balaban J connectivity index is 1.22. The van der Waals surface area contributed by atoms with E-state index in [4.69, 9.17) is 4.74 Å². The van der Waals surface area contributed by atoms with E-state index in [9.17, 15) is 4.79 Å². The molecule has 5 heteroatoms. The van der Waals surface area contributed by atoms with Crippen LogP contribution in [0.4, 0.5) is 0 Å². The fraction of sp³-hybridized carbons (Fsp3) is 0.650. The number of amides is 1. The van der Waals surface area contributed by atoms with Crippen LogP contribution in [0.5, 0.6) is 0 Å². The molecule has 0 radical (unpaired) electrons. The molecule has 25 heavy (non-hydrogen) atoms. The van der Waals surface area contributed by atoms with Crippen LogP contribution in [0.2, 0.25) is 0 Å². The SMILES string of the molecule is O=C(CN1CCN(Cc2ccccc2)CC1)NCCCOCC1CC1. The number of rotatable bonds is 10. The smallest absolute Gasteiger partial charge is 0.234 e. The first-order chi connectivity index (χ1) is 12.3. The summed E-state index contributed by atoms with van der Waals surface area (Å²) in [6.07, 6.45) is 3.56. The third-order valence-electron chi connectivity index (χ3n) is 4.92. The lowest BCUT2D eigenvalue weighted by atomic mass is 10.2. The Morgan fingerprint density at radius 2 is 1.80 bits per heavy atom. The quantitative estimate of drug-likeness (QED) is 0.656. The van der Waals surface area contributed by atoms with Crippen molar-refractivity contribution in [2.75, 3.05) is 52.5 Å². The molecule has 1 saturated carbocycles. The molecular formula is C20H31N3O2. The molecule has 1 aliphatic carbocycles. The Morgan fingerprint density at radius 1 is 1.08 bits per heavy atom. The summed E-state index contributed by atoms with van der Waals surface area (Å²) in [5, 5.41) is 3.01. The summed E-state index contributed by atoms with van der Waals surface area (Å²) in [7, 11) is 0. The Morgan fingerprint density at radius 3 is 2.52 bits per heavy atom. The van der Waals surface area contributed by atoms with Crippen molar-refractivity contribution < 1.29 is 9.53 Å². The van der Waals surface area contributed by atoms with Gasteiger partial charge in [0.05, 0.1) is 6.54 Å². The zero-order valence-electron chi connectivity index (χ0n) is 15.2. The van der Waals surface area contributed by atoms with E-state index in [-0.39, 0.29) is 5.91 Å². The minimum Gasteiger partial charge on any atom is -0.381 e. The van der Waals surface area contributed by atoms with Gasteiger partial charge in [-0.05, 0) is 30.7 Å². The second-order valence-electron chi connectivity index (χ2n) is 7.26. The molecule has 1 amide bonds. The van der Waals surface area contributed by atoms with Crippen LogP contribution in [-0.4, -0.2) is 68.2 Å². The van der Waals surface area contributed by atoms with E-state index in [1.54, 1.807) is 0 Å². The van der Waals surface area contributed by atoms with Gasteiger partial charge in [-0.1, -0.05) is 30.3 Å². The van der Waals surface area contributed by atoms with Crippen LogP contribution in [0.1, 0.15) is 24.8 Å². The summed E-state index contributed by atoms with van der Waals surface area (Å²) in [6.45, 7) is 7.88. The predicted molar refractivity (Wildman–Crippen MR) is 99.3 cm³/mol. The first kappa shape index (κ1) is 18.4. The highest BCUT2D eigenvalue weighted by atomic mass is 16.5. The minimum absolute atomic E-state index is 0.138. The molecule has 0 spiro atoms. The third kappa shape index (κ3) is 7.14. The zero-order chi connectivity index (χ0) is 17.3. The molecule has 0 bridgehead atoms. The molecule has 138 valence electrons. The number of benzene rings is 1. The van der Waals surface area contributed by atoms with E-state index in [1.165, 1.54) is 18.4 Å². The van der Waals surface area contributed by atoms with Gasteiger partial charge in [-0.15, -0.1) is 0 Å². The average Bonchev–Trinajstić information content (AvgIpc) is 3.45. The number of hydrogen-bond acceptors (Lipinski definition) is 4. The van der Waals surface area contributed by atoms with Gasteiger partial charge in [0.25, 0.3) is 0 Å². The molecule has 1 aromatic carbocycles. The summed E-state index contributed by atoms with van der Waals surface area (Å²) >= 11 is 0. The van der Waals surface area contributed by atoms with E-state index in [0.29, 0.717) is 6.54 Å². The minimum atomic E-state index is 0.138. The number of piperazine rings is 1. The molecule has 1 aromatic rings. The van der Waals surface area contributed by atoms with E-state index in [2.05, 4.69) is 45.4 Å². The predicted octanol–water partition coefficient (Wildman–Crippen LogP) is 1.74. The molecule has 5 nitrogen and oxygen atoms in total. The second kappa shape index (κ2) is 9.90. The first-order valence-corrected chi connectivity index (χ1v) is 9.62. The Kier molecular flexibility index (Phi) is 7.27. The molecule has 1 aliphatic heterocycles. The van der Waals surface area contributed by atoms with Crippen LogP contribution in [0.3, 0.4) is 0 Å². The van der Waals surface area contributed by atoms with Crippen molar-refractivity contribution in [2.45, 2.75) is 25.8 Å². The highest BCUT2D eigenvalue weighted by Gasteiger charge is 2.21. The van der Waals surface area contributed by atoms with Gasteiger partial charge >= 0.3 is 0 Å². The van der Waals surface area contributed by atoms with Crippen LogP contribution in [-0.2, 0) is 16.1 Å². The number of ether oxygens (including phenoxy) is 1. The van der Waals surface area contributed by atoms with Crippen molar-refractivity contribution in [1.82, 2.24) is 15.1 Å². The second-order valence-corrected chi connectivity index (χ2v) is 7.26. The standard InChI is InChI=1S/C20H31N3O2/c24-20(21-9-4-14-25-17-19-7-8-19)16-23-12-10-22(11-13-23)15-18-5-2-1-3-6-18/h1-3,5-6,19H,4,7-17H2,(H,21,24). The van der Waals surface area contributed by atoms with Crippen LogP contribution in [0.25, 0.3) is 0 Å². The van der Waals surface area contributed by atoms with Crippen molar-refractivity contribution in [3.8, 4) is 0 Å². The molecule has 2 aliphatic rings. The third-order valence-corrected chi connectivity index (χ3v) is 4.92. The van der Waals surface area contributed by atoms with Gasteiger partial charge < -0.3 is 10.1 Å². The van der Waals surface area contributed by atoms with Gasteiger partial charge in [-0.2, -0.15) is 0 Å². The number of carbonyl (C=O) groups excluding carboxylic acids is 1. The van der Waals surface area contributed by atoms with Gasteiger partial charge in [0.2, 0.25) is 5.91 Å². The number of carbonyl (C=O) groups is 1. The number of nitrogens with zero attached hydrogens (tertiary/aromatic N) is 2. The number of hydrogen-bond donors (Lipinski definition) is 1. The molecule has 3 rings (SSSR count). The van der Waals surface area contributed by atoms with Crippen LogP contribution in [0, 0.1) is 5.92 Å². The lowest BCUT2D eigenvalue weighted by Crippen LogP contribution is -2.49. The highest BCUT2D eigenvalue weighted by Crippen LogP contribution is 2.28. The normalized spacial score (nSPS) is 19.0. The van der Waals surface area contributed by atoms with Gasteiger partial charge in [-0.25, -0.2) is 0 Å². The summed E-state index contributed by atoms with van der Waals surface area (Å²) in [4.78, 5) is 16.7. The van der Waals surface area contributed by atoms with Crippen molar-refractivity contribution in [2.24, 2.45) is 5.92 Å². The number of nitrogens with one attached hydrogen (secondary N) is 1. The Hall–Kier alpha value is -1.43. The fourth-order valence-corrected chi connectivity index (χ4v) is 3.14. The van der Waals surface area contributed by atoms with Gasteiger partial charge in [-0.3, -0.25) is 14.6 Å². The molecule has 0 aromatic heterocycles. The summed E-state index contributed by atoms with van der Waals surface area (Å²) in [6, 6.07) is 10.6. The Labute approximate surface area is 151 Å². The molecule has 2 fully saturated rings. The largest absolute Gasteiger partial charge is 0.381 e. The fourth-order valence-electron chi connectivity index (χ4n) is 3.14. The lowest BCUT2D eigenvalue weighted by molar-refractivity contribution is -0.122. The molecule has 1 saturated heterocycles. The van der Waals surface area contributed by atoms with Crippen molar-refractivity contribution in [3.63, 3.8) is 0 Å². The molecular weight excluding hydrogens is 314 g/mol. The lowest BCUT2D eigenvalue weighted by Gasteiger charge is -2.34. The van der Waals surface area contributed by atoms with Crippen molar-refractivity contribution in [3.05, 3.63) is 35.9 Å². The Bertz CT molecular complexity index is 511. The van der Waals surface area contributed by atoms with E-state index in [1.807, 2.05) is 0 Å². The van der Waals surface area contributed by atoms with E-state index >= 15 is 0 Å². The van der Waals surface area contributed by atoms with Crippen molar-refractivity contribution >= 4 is 5.91 Å². The van der Waals surface area contributed by atoms with Crippen molar-refractivity contribution in [1.29, 1.82) is 0 Å². The maximum Gasteiger partial charge on any atom is 0.234 e. The van der Waals surface area contributed by atoms with Gasteiger partial charge in [0.1, 0.15) is 0 Å². The maximum absolute atomic E-state index is 12.0. The van der Waals surface area contributed by atoms with Crippen LogP contribution >= 0.6 is 0 Å². The highest BCUT2D eigenvalue weighted by molar-refractivity contribution is 5.77.